The number of ketones is 1. The summed E-state index contributed by atoms with van der Waals surface area (Å²) in [5, 5.41) is 19.2. The van der Waals surface area contributed by atoms with Crippen molar-refractivity contribution in [3.8, 4) is 11.5 Å². The van der Waals surface area contributed by atoms with E-state index in [9.17, 15) is 37.1 Å². The smallest absolute Gasteiger partial charge is 0.491 e. The van der Waals surface area contributed by atoms with E-state index in [4.69, 9.17) is 25.7 Å². The Labute approximate surface area is 230 Å². The van der Waals surface area contributed by atoms with Crippen molar-refractivity contribution in [2.45, 2.75) is 37.9 Å². The van der Waals surface area contributed by atoms with Gasteiger partial charge >= 0.3 is 24.1 Å². The first-order chi connectivity index (χ1) is 19.2. The number of halogens is 3. The fourth-order valence-electron chi connectivity index (χ4n) is 3.72. The number of carboxylic acid groups (broad SMARTS) is 1. The number of amidine groups is 1. The summed E-state index contributed by atoms with van der Waals surface area (Å²) in [7, 11) is 0. The van der Waals surface area contributed by atoms with Crippen LogP contribution in [0.1, 0.15) is 39.9 Å². The van der Waals surface area contributed by atoms with Crippen LogP contribution in [0.3, 0.4) is 0 Å². The molecule has 0 fully saturated rings. The van der Waals surface area contributed by atoms with E-state index < -0.39 is 61.3 Å². The number of carboxylic acids is 1. The molecule has 0 aliphatic carbocycles. The van der Waals surface area contributed by atoms with Crippen molar-refractivity contribution >= 4 is 35.4 Å². The Balaban J connectivity index is 1.79. The highest BCUT2D eigenvalue weighted by molar-refractivity contribution is 6.33. The first-order valence-electron chi connectivity index (χ1n) is 12.0. The van der Waals surface area contributed by atoms with Crippen molar-refractivity contribution < 1.29 is 56.5 Å². The third-order valence-electron chi connectivity index (χ3n) is 5.84. The predicted molar refractivity (Wildman–Crippen MR) is 133 cm³/mol. The normalized spacial score (nSPS) is 12.9. The van der Waals surface area contributed by atoms with E-state index in [-0.39, 0.29) is 34.7 Å². The highest BCUT2D eigenvalue weighted by Gasteiger charge is 2.42. The quantitative estimate of drug-likeness (QED) is 0.0945. The molecule has 0 spiro atoms. The number of ether oxygens (including phenoxy) is 3. The van der Waals surface area contributed by atoms with E-state index in [1.165, 1.54) is 30.3 Å². The van der Waals surface area contributed by atoms with Crippen LogP contribution in [0.5, 0.6) is 11.5 Å². The SMILES string of the molecule is N=C(N)c1ccc(CC(=O)C(=O)O)c(OC[C@@H](CCC(=O)OC(=O)C(F)(F)F)NC(=O)c2ccc3c(c2)OCC3)c1. The van der Waals surface area contributed by atoms with Gasteiger partial charge in [-0.1, -0.05) is 18.2 Å². The van der Waals surface area contributed by atoms with E-state index in [1.54, 1.807) is 6.07 Å². The molecule has 1 amide bonds. The van der Waals surface area contributed by atoms with Crippen LogP contribution in [-0.2, 0) is 36.8 Å². The Morgan fingerprint density at radius 2 is 1.80 bits per heavy atom. The minimum absolute atomic E-state index is 0.0627. The van der Waals surface area contributed by atoms with Gasteiger partial charge in [-0.25, -0.2) is 9.59 Å². The number of alkyl halides is 3. The van der Waals surface area contributed by atoms with Crippen molar-refractivity contribution in [3.63, 3.8) is 0 Å². The van der Waals surface area contributed by atoms with Gasteiger partial charge in [-0.2, -0.15) is 13.2 Å². The van der Waals surface area contributed by atoms with Gasteiger partial charge in [0, 0.05) is 36.0 Å². The molecular formula is C26H24F3N3O9. The summed E-state index contributed by atoms with van der Waals surface area (Å²) in [4.78, 5) is 58.6. The molecule has 15 heteroatoms. The maximum atomic E-state index is 13.0. The fourth-order valence-corrected chi connectivity index (χ4v) is 3.72. The van der Waals surface area contributed by atoms with Crippen molar-refractivity contribution in [1.82, 2.24) is 5.32 Å². The van der Waals surface area contributed by atoms with Gasteiger partial charge < -0.3 is 30.4 Å². The topological polar surface area (TPSA) is 195 Å². The number of carbonyl (C=O) groups excluding carboxylic acids is 4. The number of nitrogens with two attached hydrogens (primary N) is 1. The summed E-state index contributed by atoms with van der Waals surface area (Å²) in [5.41, 5.74) is 6.85. The van der Waals surface area contributed by atoms with Crippen LogP contribution in [0, 0.1) is 5.41 Å². The van der Waals surface area contributed by atoms with Crippen LogP contribution in [-0.4, -0.2) is 66.0 Å². The monoisotopic (exact) mass is 579 g/mol. The molecule has 3 rings (SSSR count). The molecule has 2 aromatic rings. The molecule has 0 saturated carbocycles. The number of Topliss-reactive ketones (excluding diaryl/α,β-unsaturated/α-hetero) is 1. The molecule has 0 unspecified atom stereocenters. The number of esters is 2. The summed E-state index contributed by atoms with van der Waals surface area (Å²) in [6.45, 7) is 0.0188. The Morgan fingerprint density at radius 3 is 2.46 bits per heavy atom. The molecule has 5 N–H and O–H groups in total. The van der Waals surface area contributed by atoms with Crippen LogP contribution in [0.15, 0.2) is 36.4 Å². The minimum atomic E-state index is -5.38. The van der Waals surface area contributed by atoms with Crippen LogP contribution < -0.4 is 20.5 Å². The maximum absolute atomic E-state index is 13.0. The van der Waals surface area contributed by atoms with Gasteiger partial charge in [-0.05, 0) is 30.2 Å². The zero-order valence-electron chi connectivity index (χ0n) is 21.2. The Morgan fingerprint density at radius 1 is 1.10 bits per heavy atom. The number of aliphatic carboxylic acids is 1. The highest BCUT2D eigenvalue weighted by atomic mass is 19.4. The third kappa shape index (κ3) is 8.52. The lowest BCUT2D eigenvalue weighted by Crippen LogP contribution is -2.40. The van der Waals surface area contributed by atoms with E-state index in [2.05, 4.69) is 10.1 Å². The van der Waals surface area contributed by atoms with Gasteiger partial charge in [-0.3, -0.25) is 19.8 Å². The average molecular weight is 579 g/mol. The molecule has 0 radical (unpaired) electrons. The number of nitrogen functional groups attached to an aromatic ring is 1. The van der Waals surface area contributed by atoms with Crippen LogP contribution in [0.4, 0.5) is 13.2 Å². The third-order valence-corrected chi connectivity index (χ3v) is 5.84. The molecular weight excluding hydrogens is 555 g/mol. The van der Waals surface area contributed by atoms with Crippen molar-refractivity contribution in [2.24, 2.45) is 5.73 Å². The molecule has 218 valence electrons. The number of carbonyl (C=O) groups is 5. The second-order valence-corrected chi connectivity index (χ2v) is 8.84. The lowest BCUT2D eigenvalue weighted by Gasteiger charge is -2.21. The van der Waals surface area contributed by atoms with Crippen LogP contribution in [0.25, 0.3) is 0 Å². The zero-order chi connectivity index (χ0) is 30.3. The number of hydrogen-bond donors (Lipinski definition) is 4. The van der Waals surface area contributed by atoms with Crippen molar-refractivity contribution in [3.05, 3.63) is 58.7 Å². The molecule has 0 aromatic heterocycles. The number of nitrogens with one attached hydrogen (secondary N) is 2. The molecule has 41 heavy (non-hydrogen) atoms. The Bertz CT molecular complexity index is 1390. The minimum Gasteiger partial charge on any atom is -0.493 e. The van der Waals surface area contributed by atoms with Gasteiger partial charge in [0.25, 0.3) is 5.91 Å². The largest absolute Gasteiger partial charge is 0.493 e. The van der Waals surface area contributed by atoms with Gasteiger partial charge in [-0.15, -0.1) is 0 Å². The fraction of sp³-hybridized carbons (Fsp3) is 0.308. The molecule has 12 nitrogen and oxygen atoms in total. The second kappa shape index (κ2) is 12.9. The molecule has 0 saturated heterocycles. The average Bonchev–Trinajstić information content (AvgIpc) is 3.38. The lowest BCUT2D eigenvalue weighted by atomic mass is 10.0. The standard InChI is InChI=1S/C26H24F3N3O9/c27-26(28,29)25(38)41-21(34)6-5-17(32-23(35)16-4-1-13-7-8-39-19(13)11-16)12-40-20-10-15(22(30)31)3-2-14(20)9-18(33)24(36)37/h1-4,10-11,17H,5-9,12H2,(H3,30,31)(H,32,35)(H,36,37)/t17-/m1/s1. The van der Waals surface area contributed by atoms with E-state index in [1.807, 2.05) is 0 Å². The van der Waals surface area contributed by atoms with Crippen molar-refractivity contribution in [2.75, 3.05) is 13.2 Å². The first kappa shape index (κ1) is 30.6. The van der Waals surface area contributed by atoms with Gasteiger partial charge in [0.05, 0.1) is 12.6 Å². The van der Waals surface area contributed by atoms with Crippen molar-refractivity contribution in [1.29, 1.82) is 5.41 Å². The molecule has 1 aliphatic heterocycles. The lowest BCUT2D eigenvalue weighted by molar-refractivity contribution is -0.201. The number of benzene rings is 2. The predicted octanol–water partition coefficient (Wildman–Crippen LogP) is 1.69. The molecule has 1 heterocycles. The summed E-state index contributed by atoms with van der Waals surface area (Å²) >= 11 is 0. The Hall–Kier alpha value is -4.95. The van der Waals surface area contributed by atoms with Crippen LogP contribution >= 0.6 is 0 Å². The van der Waals surface area contributed by atoms with E-state index >= 15 is 0 Å². The summed E-state index contributed by atoms with van der Waals surface area (Å²) in [6, 6.07) is 7.62. The van der Waals surface area contributed by atoms with E-state index in [0.717, 1.165) is 5.56 Å². The maximum Gasteiger partial charge on any atom is 0.491 e. The zero-order valence-corrected chi connectivity index (χ0v) is 21.2. The second-order valence-electron chi connectivity index (χ2n) is 8.84. The molecule has 1 aliphatic rings. The molecule has 1 atom stereocenters. The summed E-state index contributed by atoms with van der Waals surface area (Å²) in [6.07, 6.45) is -6.36. The van der Waals surface area contributed by atoms with Crippen LogP contribution in [0.2, 0.25) is 0 Å². The highest BCUT2D eigenvalue weighted by Crippen LogP contribution is 2.26. The number of rotatable bonds is 12. The summed E-state index contributed by atoms with van der Waals surface area (Å²) < 4.78 is 52.3. The molecule has 2 aromatic carbocycles. The first-order valence-corrected chi connectivity index (χ1v) is 12.0. The number of amides is 1. The molecule has 0 bridgehead atoms. The summed E-state index contributed by atoms with van der Waals surface area (Å²) in [5.74, 6) is -7.61. The Kier molecular flexibility index (Phi) is 9.65. The van der Waals surface area contributed by atoms with Gasteiger partial charge in [0.15, 0.2) is 0 Å². The van der Waals surface area contributed by atoms with E-state index in [0.29, 0.717) is 18.8 Å². The number of fused-ring (bicyclic) bond motifs is 1. The van der Waals surface area contributed by atoms with Gasteiger partial charge in [0.1, 0.15) is 23.9 Å². The number of hydrogen-bond acceptors (Lipinski definition) is 9. The van der Waals surface area contributed by atoms with Gasteiger partial charge in [0.2, 0.25) is 5.78 Å².